The molecule has 2 fully saturated rings. The summed E-state index contributed by atoms with van der Waals surface area (Å²) in [4.78, 5) is 4.15. The van der Waals surface area contributed by atoms with Crippen LogP contribution in [0.1, 0.15) is 45.6 Å². The van der Waals surface area contributed by atoms with Gasteiger partial charge in [-0.25, -0.2) is 0 Å². The van der Waals surface area contributed by atoms with Crippen LogP contribution in [0.3, 0.4) is 0 Å². The molecule has 1 aromatic rings. The fraction of sp³-hybridized carbons (Fsp3) is 0.750. The highest BCUT2D eigenvalue weighted by molar-refractivity contribution is 5.49. The Bertz CT molecular complexity index is 690. The van der Waals surface area contributed by atoms with Gasteiger partial charge in [0, 0.05) is 38.4 Å². The van der Waals surface area contributed by atoms with Gasteiger partial charge in [-0.3, -0.25) is 4.90 Å². The smallest absolute Gasteiger partial charge is 0.389 e. The summed E-state index contributed by atoms with van der Waals surface area (Å²) >= 11 is 0. The van der Waals surface area contributed by atoms with Gasteiger partial charge in [-0.2, -0.15) is 13.2 Å². The molecule has 1 aromatic carbocycles. The third kappa shape index (κ3) is 6.83. The van der Waals surface area contributed by atoms with Crippen LogP contribution in [0.5, 0.6) is 0 Å². The maximum atomic E-state index is 13.0. The summed E-state index contributed by atoms with van der Waals surface area (Å²) in [6.45, 7) is 10.3. The first-order chi connectivity index (χ1) is 14.6. The summed E-state index contributed by atoms with van der Waals surface area (Å²) in [5.41, 5.74) is -0.0127. The zero-order valence-corrected chi connectivity index (χ0v) is 18.9. The second-order valence-corrected chi connectivity index (χ2v) is 9.69. The second-order valence-electron chi connectivity index (χ2n) is 9.69. The molecular weight excluding hydrogens is 405 g/mol. The number of hydrogen-bond acceptors (Lipinski definition) is 4. The van der Waals surface area contributed by atoms with Gasteiger partial charge in [-0.15, -0.1) is 0 Å². The van der Waals surface area contributed by atoms with Gasteiger partial charge in [0.05, 0.1) is 24.4 Å². The Balaban J connectivity index is 1.44. The van der Waals surface area contributed by atoms with Crippen molar-refractivity contribution < 1.29 is 23.0 Å². The van der Waals surface area contributed by atoms with Crippen molar-refractivity contribution in [2.24, 2.45) is 17.8 Å². The summed E-state index contributed by atoms with van der Waals surface area (Å²) in [6, 6.07) is 5.51. The fourth-order valence-corrected chi connectivity index (χ4v) is 4.96. The minimum Gasteiger partial charge on any atom is -0.389 e. The normalized spacial score (nSPS) is 27.0. The first kappa shape index (κ1) is 24.3. The van der Waals surface area contributed by atoms with Crippen molar-refractivity contribution in [2.45, 2.75) is 58.4 Å². The first-order valence-electron chi connectivity index (χ1n) is 11.6. The number of piperazine rings is 1. The standard InChI is InChI=1S/C24H37F3N2O2/c1-17(2)22-8-7-18(3)13-23(22)31-16-21(30)15-28-9-11-29(12-10-28)20-6-4-5-19(14-20)24(25,26)27/h4-6,14,17-18,21-23,30H,7-13,15-16H2,1-3H3/t18-,21+,22-,23+/m1/s1. The highest BCUT2D eigenvalue weighted by atomic mass is 19.4. The lowest BCUT2D eigenvalue weighted by Gasteiger charge is -2.39. The molecule has 7 heteroatoms. The second kappa shape index (κ2) is 10.5. The van der Waals surface area contributed by atoms with Crippen LogP contribution in [0, 0.1) is 17.8 Å². The number of aliphatic hydroxyl groups is 1. The van der Waals surface area contributed by atoms with Crippen LogP contribution in [0.2, 0.25) is 0 Å². The van der Waals surface area contributed by atoms with Crippen LogP contribution >= 0.6 is 0 Å². The maximum Gasteiger partial charge on any atom is 0.416 e. The number of nitrogens with zero attached hydrogens (tertiary/aromatic N) is 2. The van der Waals surface area contributed by atoms with Crippen LogP contribution in [-0.2, 0) is 10.9 Å². The van der Waals surface area contributed by atoms with E-state index in [1.54, 1.807) is 6.07 Å². The van der Waals surface area contributed by atoms with Gasteiger partial charge >= 0.3 is 6.18 Å². The number of aliphatic hydroxyl groups excluding tert-OH is 1. The molecule has 1 saturated heterocycles. The summed E-state index contributed by atoms with van der Waals surface area (Å²) in [7, 11) is 0. The van der Waals surface area contributed by atoms with Crippen molar-refractivity contribution in [1.82, 2.24) is 4.90 Å². The lowest BCUT2D eigenvalue weighted by atomic mass is 9.75. The van der Waals surface area contributed by atoms with Gasteiger partial charge in [0.25, 0.3) is 0 Å². The number of alkyl halides is 3. The summed E-state index contributed by atoms with van der Waals surface area (Å²) < 4.78 is 45.1. The van der Waals surface area contributed by atoms with Crippen LogP contribution < -0.4 is 4.90 Å². The Kier molecular flexibility index (Phi) is 8.27. The van der Waals surface area contributed by atoms with E-state index in [9.17, 15) is 18.3 Å². The van der Waals surface area contributed by atoms with E-state index in [4.69, 9.17) is 4.74 Å². The third-order valence-corrected chi connectivity index (χ3v) is 6.84. The Morgan fingerprint density at radius 2 is 1.84 bits per heavy atom. The number of anilines is 1. The molecule has 0 unspecified atom stereocenters. The Labute approximate surface area is 184 Å². The third-order valence-electron chi connectivity index (χ3n) is 6.84. The van der Waals surface area contributed by atoms with Gasteiger partial charge in [-0.05, 0) is 48.8 Å². The van der Waals surface area contributed by atoms with Crippen LogP contribution in [0.15, 0.2) is 24.3 Å². The molecule has 4 nitrogen and oxygen atoms in total. The molecule has 1 N–H and O–H groups in total. The lowest BCUT2D eigenvalue weighted by Crippen LogP contribution is -2.49. The summed E-state index contributed by atoms with van der Waals surface area (Å²) in [5, 5.41) is 10.5. The van der Waals surface area contributed by atoms with E-state index in [2.05, 4.69) is 25.7 Å². The van der Waals surface area contributed by atoms with E-state index in [-0.39, 0.29) is 6.10 Å². The van der Waals surface area contributed by atoms with E-state index in [0.29, 0.717) is 62.8 Å². The Morgan fingerprint density at radius 3 is 2.48 bits per heavy atom. The molecule has 176 valence electrons. The van der Waals surface area contributed by atoms with Gasteiger partial charge < -0.3 is 14.7 Å². The highest BCUT2D eigenvalue weighted by Crippen LogP contribution is 2.35. The van der Waals surface area contributed by atoms with Crippen molar-refractivity contribution in [2.75, 3.05) is 44.2 Å². The fourth-order valence-electron chi connectivity index (χ4n) is 4.96. The predicted octanol–water partition coefficient (Wildman–Crippen LogP) is 4.67. The molecule has 3 rings (SSSR count). The van der Waals surface area contributed by atoms with Crippen molar-refractivity contribution in [3.63, 3.8) is 0 Å². The Morgan fingerprint density at radius 1 is 1.13 bits per heavy atom. The minimum absolute atomic E-state index is 0.219. The molecule has 1 saturated carbocycles. The quantitative estimate of drug-likeness (QED) is 0.666. The SMILES string of the molecule is CC(C)[C@H]1CC[C@@H](C)C[C@@H]1OC[C@@H](O)CN1CCN(c2cccc(C(F)(F)F)c2)CC1. The Hall–Kier alpha value is -1.31. The molecule has 2 aliphatic rings. The van der Waals surface area contributed by atoms with E-state index in [1.807, 2.05) is 4.90 Å². The number of β-amino-alcohol motifs (C(OH)–C–C–N with tert-alkyl or cyclic N) is 1. The summed E-state index contributed by atoms with van der Waals surface area (Å²) in [5.74, 6) is 1.80. The van der Waals surface area contributed by atoms with Crippen LogP contribution in [-0.4, -0.2) is 61.5 Å². The molecule has 31 heavy (non-hydrogen) atoms. The molecule has 1 aliphatic heterocycles. The van der Waals surface area contributed by atoms with Gasteiger partial charge in [0.2, 0.25) is 0 Å². The highest BCUT2D eigenvalue weighted by Gasteiger charge is 2.33. The molecule has 0 amide bonds. The van der Waals surface area contributed by atoms with E-state index < -0.39 is 17.8 Å². The first-order valence-corrected chi connectivity index (χ1v) is 11.6. The number of ether oxygens (including phenoxy) is 1. The average Bonchev–Trinajstić information content (AvgIpc) is 2.72. The predicted molar refractivity (Wildman–Crippen MR) is 117 cm³/mol. The number of benzene rings is 1. The molecule has 0 bridgehead atoms. The topological polar surface area (TPSA) is 35.9 Å². The van der Waals surface area contributed by atoms with Crippen LogP contribution in [0.4, 0.5) is 18.9 Å². The molecule has 0 radical (unpaired) electrons. The van der Waals surface area contributed by atoms with Crippen molar-refractivity contribution >= 4 is 5.69 Å². The number of halogens is 3. The minimum atomic E-state index is -4.33. The van der Waals surface area contributed by atoms with Crippen molar-refractivity contribution in [3.05, 3.63) is 29.8 Å². The zero-order chi connectivity index (χ0) is 22.6. The van der Waals surface area contributed by atoms with Gasteiger partial charge in [0.1, 0.15) is 0 Å². The van der Waals surface area contributed by atoms with Crippen molar-refractivity contribution in [1.29, 1.82) is 0 Å². The van der Waals surface area contributed by atoms with Crippen molar-refractivity contribution in [3.8, 4) is 0 Å². The molecular formula is C24H37F3N2O2. The van der Waals surface area contributed by atoms with Gasteiger partial charge in [-0.1, -0.05) is 33.3 Å². The van der Waals surface area contributed by atoms with E-state index in [1.165, 1.54) is 25.0 Å². The number of rotatable bonds is 7. The van der Waals surface area contributed by atoms with Gasteiger partial charge in [0.15, 0.2) is 0 Å². The lowest BCUT2D eigenvalue weighted by molar-refractivity contribution is -0.137. The maximum absolute atomic E-state index is 13.0. The number of hydrogen-bond donors (Lipinski definition) is 1. The summed E-state index contributed by atoms with van der Waals surface area (Å²) in [6.07, 6.45) is -1.16. The average molecular weight is 443 g/mol. The molecule has 0 spiro atoms. The molecule has 1 aliphatic carbocycles. The molecule has 1 heterocycles. The molecule has 4 atom stereocenters. The zero-order valence-electron chi connectivity index (χ0n) is 18.9. The van der Waals surface area contributed by atoms with E-state index >= 15 is 0 Å². The monoisotopic (exact) mass is 442 g/mol. The van der Waals surface area contributed by atoms with Crippen LogP contribution in [0.25, 0.3) is 0 Å². The van der Waals surface area contributed by atoms with E-state index in [0.717, 1.165) is 12.5 Å². The molecule has 0 aromatic heterocycles. The largest absolute Gasteiger partial charge is 0.416 e.